The Kier molecular flexibility index (Phi) is 15.9. The van der Waals surface area contributed by atoms with Gasteiger partial charge in [-0.15, -0.1) is 0 Å². The van der Waals surface area contributed by atoms with Crippen molar-refractivity contribution in [3.05, 3.63) is 0 Å². The Morgan fingerprint density at radius 1 is 0.579 bits per heavy atom. The van der Waals surface area contributed by atoms with Crippen molar-refractivity contribution in [1.82, 2.24) is 19.6 Å². The standard InChI is InChI=1S/C24H44N6O2S4.2BrH/c1-29(2)15-11-27(12-16-29)23(33)35-19-5-21(31)25-7-9-26(10-8-25)22(32)6-20-36-24(34)28-13-17-30(3,4)18-14-28;;/h5-20H2,1-4H3;2*1H/q+2;;/p-2. The molecule has 3 fully saturated rings. The van der Waals surface area contributed by atoms with Crippen LogP contribution in [0.3, 0.4) is 0 Å². The van der Waals surface area contributed by atoms with Gasteiger partial charge in [-0.1, -0.05) is 48.0 Å². The number of quaternary nitrogens is 2. The minimum absolute atomic E-state index is 0. The van der Waals surface area contributed by atoms with E-state index in [4.69, 9.17) is 24.4 Å². The Bertz CT molecular complexity index is 742. The van der Waals surface area contributed by atoms with E-state index < -0.39 is 0 Å². The molecule has 3 rings (SSSR count). The Hall–Kier alpha value is 0.300. The van der Waals surface area contributed by atoms with Crippen LogP contribution < -0.4 is 34.0 Å². The maximum absolute atomic E-state index is 12.7. The molecule has 3 aliphatic heterocycles. The number of nitrogens with zero attached hydrogens (tertiary/aromatic N) is 6. The van der Waals surface area contributed by atoms with E-state index in [-0.39, 0.29) is 45.8 Å². The summed E-state index contributed by atoms with van der Waals surface area (Å²) in [5, 5.41) is 0. The molecule has 2 amide bonds. The lowest BCUT2D eigenvalue weighted by molar-refractivity contribution is -0.893. The van der Waals surface area contributed by atoms with E-state index in [2.05, 4.69) is 38.0 Å². The van der Waals surface area contributed by atoms with Crippen molar-refractivity contribution < 1.29 is 52.5 Å². The van der Waals surface area contributed by atoms with Gasteiger partial charge in [-0.25, -0.2) is 0 Å². The third-order valence-corrected chi connectivity index (χ3v) is 10.5. The SMILES string of the molecule is C[N+]1(C)CCN(C(=S)SCCC(=O)N2CCN(C(=O)CCSC(=S)N3CC[N+](C)(C)CC3)CC2)CC1.[Br-].[Br-]. The first-order chi connectivity index (χ1) is 17.0. The normalized spacial score (nSPS) is 20.7. The van der Waals surface area contributed by atoms with Gasteiger partial charge in [0, 0.05) is 50.5 Å². The second-order valence-corrected chi connectivity index (χ2v) is 14.7. The number of rotatable bonds is 6. The van der Waals surface area contributed by atoms with E-state index in [1.807, 2.05) is 9.80 Å². The van der Waals surface area contributed by atoms with Crippen LogP contribution in [0.25, 0.3) is 0 Å². The number of carbonyl (C=O) groups is 2. The molecule has 0 atom stereocenters. The number of carbonyl (C=O) groups excluding carboxylic acids is 2. The molecule has 0 aromatic carbocycles. The smallest absolute Gasteiger partial charge is 0.223 e. The minimum atomic E-state index is 0. The van der Waals surface area contributed by atoms with Gasteiger partial charge in [-0.05, 0) is 0 Å². The van der Waals surface area contributed by atoms with Gasteiger partial charge in [0.25, 0.3) is 0 Å². The Labute approximate surface area is 269 Å². The van der Waals surface area contributed by atoms with E-state index in [0.29, 0.717) is 39.0 Å². The quantitative estimate of drug-likeness (QED) is 0.200. The van der Waals surface area contributed by atoms with Gasteiger partial charge in [0.1, 0.15) is 8.64 Å². The van der Waals surface area contributed by atoms with Crippen molar-refractivity contribution in [1.29, 1.82) is 0 Å². The van der Waals surface area contributed by atoms with Gasteiger partial charge in [0.05, 0.1) is 80.5 Å². The Morgan fingerprint density at radius 2 is 0.868 bits per heavy atom. The maximum Gasteiger partial charge on any atom is 0.223 e. The molecule has 0 N–H and O–H groups in total. The van der Waals surface area contributed by atoms with Crippen LogP contribution in [0.1, 0.15) is 12.8 Å². The van der Waals surface area contributed by atoms with E-state index in [9.17, 15) is 9.59 Å². The van der Waals surface area contributed by atoms with Gasteiger partial charge < -0.3 is 62.5 Å². The van der Waals surface area contributed by atoms with E-state index in [1.54, 1.807) is 23.5 Å². The average molecular weight is 737 g/mol. The Balaban J connectivity index is 0.00000361. The molecule has 38 heavy (non-hydrogen) atoms. The number of thioether (sulfide) groups is 2. The number of piperazine rings is 3. The first kappa shape index (κ1) is 36.3. The van der Waals surface area contributed by atoms with Crippen molar-refractivity contribution in [3.63, 3.8) is 0 Å². The summed E-state index contributed by atoms with van der Waals surface area (Å²) in [7, 11) is 9.02. The summed E-state index contributed by atoms with van der Waals surface area (Å²) in [6, 6.07) is 0. The zero-order valence-corrected chi connectivity index (χ0v) is 29.6. The van der Waals surface area contributed by atoms with Gasteiger partial charge in [-0.3, -0.25) is 9.59 Å². The van der Waals surface area contributed by atoms with Gasteiger partial charge in [-0.2, -0.15) is 0 Å². The summed E-state index contributed by atoms with van der Waals surface area (Å²) in [4.78, 5) is 33.7. The summed E-state index contributed by atoms with van der Waals surface area (Å²) < 4.78 is 3.91. The largest absolute Gasteiger partial charge is 1.00 e. The van der Waals surface area contributed by atoms with Crippen LogP contribution in [0.4, 0.5) is 0 Å². The third-order valence-electron chi connectivity index (χ3n) is 7.49. The molecule has 3 heterocycles. The summed E-state index contributed by atoms with van der Waals surface area (Å²) in [5.74, 6) is 1.77. The highest BCUT2D eigenvalue weighted by atomic mass is 79.9. The highest BCUT2D eigenvalue weighted by Gasteiger charge is 2.28. The van der Waals surface area contributed by atoms with Crippen LogP contribution in [0.2, 0.25) is 0 Å². The molecule has 0 bridgehead atoms. The second-order valence-electron chi connectivity index (χ2n) is 11.2. The highest BCUT2D eigenvalue weighted by Crippen LogP contribution is 2.18. The van der Waals surface area contributed by atoms with Crippen molar-refractivity contribution >= 4 is 68.4 Å². The molecular weight excluding hydrogens is 692 g/mol. The van der Waals surface area contributed by atoms with Crippen molar-refractivity contribution in [3.8, 4) is 0 Å². The third kappa shape index (κ3) is 11.7. The molecule has 0 saturated carbocycles. The number of thiocarbonyl (C=S) groups is 2. The number of halogens is 2. The van der Waals surface area contributed by atoms with Crippen LogP contribution in [0.5, 0.6) is 0 Å². The molecule has 0 spiro atoms. The zero-order valence-electron chi connectivity index (χ0n) is 23.2. The van der Waals surface area contributed by atoms with Crippen LogP contribution in [-0.2, 0) is 9.59 Å². The van der Waals surface area contributed by atoms with Crippen LogP contribution in [0.15, 0.2) is 0 Å². The molecule has 0 aromatic heterocycles. The topological polar surface area (TPSA) is 47.1 Å². The maximum atomic E-state index is 12.7. The number of hydrogen-bond donors (Lipinski definition) is 0. The summed E-state index contributed by atoms with van der Waals surface area (Å²) in [6.07, 6.45) is 0.990. The predicted molar refractivity (Wildman–Crippen MR) is 159 cm³/mol. The Morgan fingerprint density at radius 3 is 1.16 bits per heavy atom. The van der Waals surface area contributed by atoms with Crippen LogP contribution in [0, 0.1) is 0 Å². The summed E-state index contributed by atoms with van der Waals surface area (Å²) in [5.41, 5.74) is 0. The lowest BCUT2D eigenvalue weighted by Crippen LogP contribution is -3.00. The number of likely N-dealkylation sites (N-methyl/N-ethyl adjacent to an activating group) is 2. The average Bonchev–Trinajstić information content (AvgIpc) is 2.83. The fourth-order valence-electron chi connectivity index (χ4n) is 4.53. The number of amides is 2. The van der Waals surface area contributed by atoms with Gasteiger partial charge >= 0.3 is 0 Å². The highest BCUT2D eigenvalue weighted by molar-refractivity contribution is 8.23. The lowest BCUT2D eigenvalue weighted by atomic mass is 10.2. The minimum Gasteiger partial charge on any atom is -1.00 e. The monoisotopic (exact) mass is 734 g/mol. The molecule has 3 aliphatic rings. The van der Waals surface area contributed by atoms with E-state index in [0.717, 1.165) is 81.5 Å². The molecule has 8 nitrogen and oxygen atoms in total. The zero-order chi connectivity index (χ0) is 26.3. The second kappa shape index (κ2) is 16.7. The molecule has 0 aliphatic carbocycles. The van der Waals surface area contributed by atoms with Crippen molar-refractivity contribution in [2.24, 2.45) is 0 Å². The summed E-state index contributed by atoms with van der Waals surface area (Å²) >= 11 is 14.4. The molecule has 0 aromatic rings. The molecule has 0 radical (unpaired) electrons. The van der Waals surface area contributed by atoms with Crippen molar-refractivity contribution in [2.45, 2.75) is 12.8 Å². The fraction of sp³-hybridized carbons (Fsp3) is 0.833. The van der Waals surface area contributed by atoms with Crippen molar-refractivity contribution in [2.75, 3.05) is 118 Å². The molecule has 220 valence electrons. The molecule has 0 unspecified atom stereocenters. The first-order valence-corrected chi connectivity index (χ1v) is 15.8. The van der Waals surface area contributed by atoms with Crippen LogP contribution >= 0.6 is 48.0 Å². The van der Waals surface area contributed by atoms with Crippen LogP contribution in [-0.4, -0.2) is 167 Å². The lowest BCUT2D eigenvalue weighted by Gasteiger charge is -2.40. The van der Waals surface area contributed by atoms with Gasteiger partial charge in [0.2, 0.25) is 11.8 Å². The fourth-order valence-corrected chi connectivity index (χ4v) is 7.03. The van der Waals surface area contributed by atoms with Gasteiger partial charge in [0.15, 0.2) is 0 Å². The van der Waals surface area contributed by atoms with E-state index in [1.165, 1.54) is 0 Å². The molecule has 14 heteroatoms. The molecule has 3 saturated heterocycles. The first-order valence-electron chi connectivity index (χ1n) is 13.0. The van der Waals surface area contributed by atoms with E-state index >= 15 is 0 Å². The number of hydrogen-bond acceptors (Lipinski definition) is 6. The predicted octanol–water partition coefficient (Wildman–Crippen LogP) is -4.73. The molecular formula is C24H44Br2N6O2S4. The summed E-state index contributed by atoms with van der Waals surface area (Å²) in [6.45, 7) is 10.8.